The van der Waals surface area contributed by atoms with Gasteiger partial charge in [-0.25, -0.2) is 0 Å². The summed E-state index contributed by atoms with van der Waals surface area (Å²) in [6, 6.07) is 15.1. The first kappa shape index (κ1) is 20.9. The number of aliphatic hydroxyl groups is 1. The van der Waals surface area contributed by atoms with Crippen molar-refractivity contribution >= 4 is 17.4 Å². The van der Waals surface area contributed by atoms with Crippen LogP contribution in [0.15, 0.2) is 70.9 Å². The number of ether oxygens (including phenoxy) is 2. The molecule has 5 rings (SSSR count). The van der Waals surface area contributed by atoms with Crippen LogP contribution in [0, 0.1) is 0 Å². The van der Waals surface area contributed by atoms with Gasteiger partial charge in [-0.2, -0.15) is 0 Å². The molecule has 0 spiro atoms. The minimum absolute atomic E-state index is 0.0340. The van der Waals surface area contributed by atoms with E-state index in [4.69, 9.17) is 13.9 Å². The number of rotatable bonds is 5. The molecule has 1 aromatic heterocycles. The van der Waals surface area contributed by atoms with Crippen LogP contribution in [-0.4, -0.2) is 34.9 Å². The summed E-state index contributed by atoms with van der Waals surface area (Å²) in [7, 11) is 1.55. The first-order chi connectivity index (χ1) is 16.0. The van der Waals surface area contributed by atoms with Gasteiger partial charge in [0, 0.05) is 12.0 Å². The zero-order valence-corrected chi connectivity index (χ0v) is 18.3. The molecule has 33 heavy (non-hydrogen) atoms. The standard InChI is InChI=1S/C26H23NO6/c1-15-11-18-12-17(8-9-21(18)33-15)24(28)22-23(16-5-3-6-19(13-16)31-2)27(26(30)25(22)29)14-20-7-4-10-32-20/h3-10,12-13,15,23,28H,11,14H2,1-2H3/b24-22+. The molecule has 7 nitrogen and oxygen atoms in total. The smallest absolute Gasteiger partial charge is 0.296 e. The molecule has 1 saturated heterocycles. The van der Waals surface area contributed by atoms with Crippen molar-refractivity contribution in [1.82, 2.24) is 4.90 Å². The Balaban J connectivity index is 1.64. The number of fused-ring (bicyclic) bond motifs is 1. The van der Waals surface area contributed by atoms with E-state index in [9.17, 15) is 14.7 Å². The van der Waals surface area contributed by atoms with E-state index < -0.39 is 17.7 Å². The maximum absolute atomic E-state index is 13.2. The van der Waals surface area contributed by atoms with Gasteiger partial charge in [-0.3, -0.25) is 9.59 Å². The largest absolute Gasteiger partial charge is 0.507 e. The van der Waals surface area contributed by atoms with Crippen molar-refractivity contribution in [2.75, 3.05) is 7.11 Å². The molecule has 2 atom stereocenters. The molecule has 3 aromatic rings. The third-order valence-corrected chi connectivity index (χ3v) is 6.03. The topological polar surface area (TPSA) is 89.2 Å². The van der Waals surface area contributed by atoms with E-state index in [1.165, 1.54) is 11.2 Å². The Kier molecular flexibility index (Phi) is 5.17. The van der Waals surface area contributed by atoms with Gasteiger partial charge in [-0.05, 0) is 60.5 Å². The lowest BCUT2D eigenvalue weighted by Gasteiger charge is -2.24. The van der Waals surface area contributed by atoms with Gasteiger partial charge in [-0.1, -0.05) is 12.1 Å². The molecule has 0 saturated carbocycles. The molecule has 1 fully saturated rings. The number of hydrogen-bond acceptors (Lipinski definition) is 6. The Morgan fingerprint density at radius 2 is 2.00 bits per heavy atom. The molecular weight excluding hydrogens is 422 g/mol. The number of methoxy groups -OCH3 is 1. The van der Waals surface area contributed by atoms with Gasteiger partial charge in [0.1, 0.15) is 29.1 Å². The molecule has 0 bridgehead atoms. The number of carbonyl (C=O) groups is 2. The molecule has 1 amide bonds. The fourth-order valence-corrected chi connectivity index (χ4v) is 4.50. The summed E-state index contributed by atoms with van der Waals surface area (Å²) in [5.41, 5.74) is 2.11. The highest BCUT2D eigenvalue weighted by Crippen LogP contribution is 2.42. The molecule has 1 N–H and O–H groups in total. The molecule has 2 aliphatic heterocycles. The Bertz CT molecular complexity index is 1260. The van der Waals surface area contributed by atoms with E-state index in [1.807, 2.05) is 13.0 Å². The van der Waals surface area contributed by atoms with Crippen LogP contribution in [0.4, 0.5) is 0 Å². The van der Waals surface area contributed by atoms with Crippen LogP contribution in [0.1, 0.15) is 35.4 Å². The number of amides is 1. The Hall–Kier alpha value is -4.00. The van der Waals surface area contributed by atoms with Crippen molar-refractivity contribution < 1.29 is 28.6 Å². The van der Waals surface area contributed by atoms with Crippen molar-refractivity contribution in [1.29, 1.82) is 0 Å². The van der Waals surface area contributed by atoms with E-state index in [-0.39, 0.29) is 24.0 Å². The van der Waals surface area contributed by atoms with Gasteiger partial charge < -0.3 is 23.9 Å². The van der Waals surface area contributed by atoms with Gasteiger partial charge in [0.25, 0.3) is 11.7 Å². The van der Waals surface area contributed by atoms with E-state index in [1.54, 1.807) is 55.6 Å². The van der Waals surface area contributed by atoms with Crippen molar-refractivity contribution in [3.63, 3.8) is 0 Å². The first-order valence-electron chi connectivity index (χ1n) is 10.7. The number of benzene rings is 2. The predicted molar refractivity (Wildman–Crippen MR) is 120 cm³/mol. The molecular formula is C26H23NO6. The van der Waals surface area contributed by atoms with E-state index in [0.29, 0.717) is 29.1 Å². The van der Waals surface area contributed by atoms with Crippen LogP contribution in [0.5, 0.6) is 11.5 Å². The number of Topliss-reactive ketones (excluding diaryl/α,β-unsaturated/α-hetero) is 1. The quantitative estimate of drug-likeness (QED) is 0.359. The lowest BCUT2D eigenvalue weighted by atomic mass is 9.94. The van der Waals surface area contributed by atoms with Crippen LogP contribution >= 0.6 is 0 Å². The number of aliphatic hydroxyl groups excluding tert-OH is 1. The first-order valence-corrected chi connectivity index (χ1v) is 10.7. The maximum atomic E-state index is 13.2. The third-order valence-electron chi connectivity index (χ3n) is 6.03. The lowest BCUT2D eigenvalue weighted by Crippen LogP contribution is -2.29. The molecule has 2 aromatic carbocycles. The summed E-state index contributed by atoms with van der Waals surface area (Å²) in [6.45, 7) is 2.06. The Morgan fingerprint density at radius 3 is 2.76 bits per heavy atom. The summed E-state index contributed by atoms with van der Waals surface area (Å²) >= 11 is 0. The summed E-state index contributed by atoms with van der Waals surface area (Å²) < 4.78 is 16.5. The van der Waals surface area contributed by atoms with Gasteiger partial charge in [0.05, 0.1) is 31.5 Å². The second kappa shape index (κ2) is 8.16. The molecule has 168 valence electrons. The molecule has 0 radical (unpaired) electrons. The van der Waals surface area contributed by atoms with Gasteiger partial charge in [0.15, 0.2) is 0 Å². The summed E-state index contributed by atoms with van der Waals surface area (Å²) in [5, 5.41) is 11.3. The fourth-order valence-electron chi connectivity index (χ4n) is 4.50. The summed E-state index contributed by atoms with van der Waals surface area (Å²) in [4.78, 5) is 27.7. The second-order valence-electron chi connectivity index (χ2n) is 8.24. The minimum Gasteiger partial charge on any atom is -0.507 e. The predicted octanol–water partition coefficient (Wildman–Crippen LogP) is 4.23. The molecule has 3 heterocycles. The molecule has 2 aliphatic rings. The SMILES string of the molecule is COc1cccc(C2/C(=C(\O)c3ccc4c(c3)CC(C)O4)C(=O)C(=O)N2Cc2ccco2)c1. The number of nitrogens with zero attached hydrogens (tertiary/aromatic N) is 1. The maximum Gasteiger partial charge on any atom is 0.296 e. The molecule has 2 unspecified atom stereocenters. The Labute approximate surface area is 190 Å². The van der Waals surface area contributed by atoms with Crippen molar-refractivity contribution in [2.45, 2.75) is 32.0 Å². The highest BCUT2D eigenvalue weighted by Gasteiger charge is 2.46. The van der Waals surface area contributed by atoms with E-state index in [0.717, 1.165) is 11.3 Å². The Morgan fingerprint density at radius 1 is 1.15 bits per heavy atom. The van der Waals surface area contributed by atoms with Crippen LogP contribution in [0.3, 0.4) is 0 Å². The van der Waals surface area contributed by atoms with Gasteiger partial charge >= 0.3 is 0 Å². The van der Waals surface area contributed by atoms with E-state index in [2.05, 4.69) is 0 Å². The second-order valence-corrected chi connectivity index (χ2v) is 8.24. The average Bonchev–Trinajstić information content (AvgIpc) is 3.52. The highest BCUT2D eigenvalue weighted by molar-refractivity contribution is 6.46. The number of carbonyl (C=O) groups excluding carboxylic acids is 2. The van der Waals surface area contributed by atoms with Crippen molar-refractivity contribution in [3.8, 4) is 11.5 Å². The fraction of sp³-hybridized carbons (Fsp3) is 0.231. The number of furan rings is 1. The van der Waals surface area contributed by atoms with Gasteiger partial charge in [-0.15, -0.1) is 0 Å². The van der Waals surface area contributed by atoms with Crippen LogP contribution in [0.25, 0.3) is 5.76 Å². The van der Waals surface area contributed by atoms with Crippen molar-refractivity contribution in [2.24, 2.45) is 0 Å². The number of hydrogen-bond donors (Lipinski definition) is 1. The normalized spacial score (nSPS) is 21.2. The lowest BCUT2D eigenvalue weighted by molar-refractivity contribution is -0.140. The number of likely N-dealkylation sites (tertiary alicyclic amines) is 1. The third kappa shape index (κ3) is 3.65. The summed E-state index contributed by atoms with van der Waals surface area (Å²) in [6.07, 6.45) is 2.27. The zero-order chi connectivity index (χ0) is 23.1. The van der Waals surface area contributed by atoms with Crippen LogP contribution in [-0.2, 0) is 22.6 Å². The average molecular weight is 445 g/mol. The highest BCUT2D eigenvalue weighted by atomic mass is 16.5. The molecule has 0 aliphatic carbocycles. The monoisotopic (exact) mass is 445 g/mol. The zero-order valence-electron chi connectivity index (χ0n) is 18.3. The summed E-state index contributed by atoms with van der Waals surface area (Å²) in [5.74, 6) is 0.233. The van der Waals surface area contributed by atoms with Crippen LogP contribution in [0.2, 0.25) is 0 Å². The number of ketones is 1. The molecule has 7 heteroatoms. The van der Waals surface area contributed by atoms with Crippen LogP contribution < -0.4 is 9.47 Å². The van der Waals surface area contributed by atoms with Crippen molar-refractivity contribution in [3.05, 3.63) is 88.9 Å². The minimum atomic E-state index is -0.798. The van der Waals surface area contributed by atoms with Gasteiger partial charge in [0.2, 0.25) is 0 Å². The van der Waals surface area contributed by atoms with E-state index >= 15 is 0 Å².